The Morgan fingerprint density at radius 3 is 2.52 bits per heavy atom. The molecule has 0 saturated heterocycles. The SMILES string of the molecule is CCC(C)C(=O)NC[C@H](O)[C@H](O)C1OC(C(=O)O)=CC(O)[C@H]1C. The van der Waals surface area contributed by atoms with Crippen LogP contribution in [0.2, 0.25) is 0 Å². The molecule has 0 aromatic carbocycles. The number of carbonyl (C=O) groups is 2. The topological polar surface area (TPSA) is 136 Å². The quantitative estimate of drug-likeness (QED) is 0.413. The van der Waals surface area contributed by atoms with Gasteiger partial charge in [0, 0.05) is 18.4 Å². The number of aliphatic hydroxyl groups is 3. The van der Waals surface area contributed by atoms with Crippen LogP contribution in [0.5, 0.6) is 0 Å². The van der Waals surface area contributed by atoms with Crippen molar-refractivity contribution in [3.05, 3.63) is 11.8 Å². The zero-order chi connectivity index (χ0) is 17.7. The lowest BCUT2D eigenvalue weighted by atomic mass is 9.89. The maximum atomic E-state index is 11.7. The Hall–Kier alpha value is -1.64. The molecule has 1 heterocycles. The van der Waals surface area contributed by atoms with E-state index in [1.54, 1.807) is 13.8 Å². The first-order valence-electron chi connectivity index (χ1n) is 7.62. The number of amides is 1. The first-order chi connectivity index (χ1) is 10.7. The summed E-state index contributed by atoms with van der Waals surface area (Å²) in [6, 6.07) is 0. The third kappa shape index (κ3) is 4.92. The average molecular weight is 331 g/mol. The Kier molecular flexibility index (Phi) is 6.99. The Labute approximate surface area is 134 Å². The fourth-order valence-electron chi connectivity index (χ4n) is 2.20. The molecule has 0 aromatic heterocycles. The van der Waals surface area contributed by atoms with Crippen molar-refractivity contribution in [3.63, 3.8) is 0 Å². The predicted octanol–water partition coefficient (Wildman–Crippen LogP) is -0.765. The van der Waals surface area contributed by atoms with Gasteiger partial charge in [-0.05, 0) is 12.5 Å². The van der Waals surface area contributed by atoms with E-state index in [-0.39, 0.29) is 18.4 Å². The van der Waals surface area contributed by atoms with Crippen LogP contribution in [0.15, 0.2) is 11.8 Å². The van der Waals surface area contributed by atoms with Gasteiger partial charge in [-0.15, -0.1) is 0 Å². The van der Waals surface area contributed by atoms with Crippen molar-refractivity contribution < 1.29 is 34.8 Å². The highest BCUT2D eigenvalue weighted by molar-refractivity contribution is 5.84. The van der Waals surface area contributed by atoms with Gasteiger partial charge in [-0.1, -0.05) is 20.8 Å². The second kappa shape index (κ2) is 8.28. The van der Waals surface area contributed by atoms with Crippen LogP contribution in [0.3, 0.4) is 0 Å². The molecule has 0 radical (unpaired) electrons. The number of aliphatic carboxylic acids is 1. The highest BCUT2D eigenvalue weighted by Crippen LogP contribution is 2.27. The molecule has 0 spiro atoms. The molecule has 0 saturated carbocycles. The van der Waals surface area contributed by atoms with E-state index in [9.17, 15) is 24.9 Å². The number of nitrogens with one attached hydrogen (secondary N) is 1. The summed E-state index contributed by atoms with van der Waals surface area (Å²) >= 11 is 0. The average Bonchev–Trinajstić information content (AvgIpc) is 2.52. The highest BCUT2D eigenvalue weighted by Gasteiger charge is 2.40. The van der Waals surface area contributed by atoms with Gasteiger partial charge in [0.25, 0.3) is 0 Å². The molecule has 5 N–H and O–H groups in total. The van der Waals surface area contributed by atoms with E-state index in [1.807, 2.05) is 6.92 Å². The summed E-state index contributed by atoms with van der Waals surface area (Å²) in [7, 11) is 0. The Morgan fingerprint density at radius 1 is 1.39 bits per heavy atom. The third-order valence-corrected chi connectivity index (χ3v) is 4.13. The lowest BCUT2D eigenvalue weighted by Crippen LogP contribution is -2.51. The van der Waals surface area contributed by atoms with E-state index in [0.29, 0.717) is 6.42 Å². The van der Waals surface area contributed by atoms with Crippen LogP contribution in [0.1, 0.15) is 27.2 Å². The minimum absolute atomic E-state index is 0.195. The van der Waals surface area contributed by atoms with Crippen LogP contribution < -0.4 is 5.32 Å². The summed E-state index contributed by atoms with van der Waals surface area (Å²) in [5, 5.41) is 41.5. The van der Waals surface area contributed by atoms with Gasteiger partial charge in [0.05, 0.1) is 6.10 Å². The predicted molar refractivity (Wildman–Crippen MR) is 80.2 cm³/mol. The third-order valence-electron chi connectivity index (χ3n) is 4.13. The Morgan fingerprint density at radius 2 is 2.00 bits per heavy atom. The van der Waals surface area contributed by atoms with Gasteiger partial charge in [-0.2, -0.15) is 0 Å². The molecule has 23 heavy (non-hydrogen) atoms. The molecular formula is C15H25NO7. The van der Waals surface area contributed by atoms with Crippen LogP contribution in [0.4, 0.5) is 0 Å². The van der Waals surface area contributed by atoms with Crippen LogP contribution >= 0.6 is 0 Å². The van der Waals surface area contributed by atoms with E-state index in [2.05, 4.69) is 5.32 Å². The molecule has 8 heteroatoms. The summed E-state index contributed by atoms with van der Waals surface area (Å²) in [6.07, 6.45) is -3.33. The summed E-state index contributed by atoms with van der Waals surface area (Å²) in [6.45, 7) is 4.97. The van der Waals surface area contributed by atoms with Gasteiger partial charge in [0.1, 0.15) is 18.3 Å². The monoisotopic (exact) mass is 331 g/mol. The molecule has 0 fully saturated rings. The van der Waals surface area contributed by atoms with Crippen molar-refractivity contribution in [1.82, 2.24) is 5.32 Å². The van der Waals surface area contributed by atoms with Crippen LogP contribution in [-0.2, 0) is 14.3 Å². The molecule has 0 aliphatic carbocycles. The first kappa shape index (κ1) is 19.4. The summed E-state index contributed by atoms with van der Waals surface area (Å²) < 4.78 is 5.17. The second-order valence-electron chi connectivity index (χ2n) is 5.88. The highest BCUT2D eigenvalue weighted by atomic mass is 16.5. The number of ether oxygens (including phenoxy) is 1. The normalized spacial score (nSPS) is 28.1. The molecule has 1 amide bonds. The number of carboxylic acids is 1. The summed E-state index contributed by atoms with van der Waals surface area (Å²) in [5.41, 5.74) is 0. The van der Waals surface area contributed by atoms with Gasteiger partial charge in [0.2, 0.25) is 11.7 Å². The maximum absolute atomic E-state index is 11.7. The van der Waals surface area contributed by atoms with E-state index in [4.69, 9.17) is 9.84 Å². The van der Waals surface area contributed by atoms with Gasteiger partial charge in [-0.25, -0.2) is 4.79 Å². The fourth-order valence-corrected chi connectivity index (χ4v) is 2.20. The standard InChI is InChI=1S/C15H25NO7/c1-4-7(2)14(20)16-6-10(18)12(19)13-8(3)9(17)5-11(23-13)15(21)22/h5,7-10,12-13,17-19H,4,6H2,1-3H3,(H,16,20)(H,21,22)/t7?,8-,9?,10+,12+,13?/m1/s1. The molecule has 1 rings (SSSR count). The molecule has 0 bridgehead atoms. The van der Waals surface area contributed by atoms with Crippen LogP contribution in [-0.4, -0.2) is 63.3 Å². The van der Waals surface area contributed by atoms with Gasteiger partial charge >= 0.3 is 5.97 Å². The number of hydrogen-bond acceptors (Lipinski definition) is 6. The number of carbonyl (C=O) groups excluding carboxylic acids is 1. The Balaban J connectivity index is 2.68. The number of carboxylic acid groups (broad SMARTS) is 1. The molecule has 8 nitrogen and oxygen atoms in total. The zero-order valence-corrected chi connectivity index (χ0v) is 13.5. The molecule has 1 aliphatic rings. The van der Waals surface area contributed by atoms with Crippen molar-refractivity contribution in [3.8, 4) is 0 Å². The second-order valence-corrected chi connectivity index (χ2v) is 5.88. The molecule has 6 atom stereocenters. The zero-order valence-electron chi connectivity index (χ0n) is 13.5. The number of rotatable bonds is 7. The Bertz CT molecular complexity index is 465. The largest absolute Gasteiger partial charge is 0.480 e. The number of aliphatic hydroxyl groups excluding tert-OH is 3. The van der Waals surface area contributed by atoms with Crippen LogP contribution in [0, 0.1) is 11.8 Å². The van der Waals surface area contributed by atoms with Crippen molar-refractivity contribution in [2.24, 2.45) is 11.8 Å². The lowest BCUT2D eigenvalue weighted by molar-refractivity contribution is -0.149. The van der Waals surface area contributed by atoms with E-state index < -0.39 is 42.1 Å². The molecule has 3 unspecified atom stereocenters. The van der Waals surface area contributed by atoms with E-state index in [0.717, 1.165) is 6.08 Å². The summed E-state index contributed by atoms with van der Waals surface area (Å²) in [4.78, 5) is 22.6. The number of hydrogen-bond donors (Lipinski definition) is 5. The minimum Gasteiger partial charge on any atom is -0.480 e. The molecule has 1 aliphatic heterocycles. The first-order valence-corrected chi connectivity index (χ1v) is 7.62. The van der Waals surface area contributed by atoms with Gasteiger partial charge in [0.15, 0.2) is 0 Å². The molecule has 132 valence electrons. The van der Waals surface area contributed by atoms with Crippen molar-refractivity contribution in [2.45, 2.75) is 51.6 Å². The molecule has 0 aromatic rings. The van der Waals surface area contributed by atoms with Crippen molar-refractivity contribution >= 4 is 11.9 Å². The van der Waals surface area contributed by atoms with Gasteiger partial charge in [-0.3, -0.25) is 4.79 Å². The van der Waals surface area contributed by atoms with E-state index in [1.165, 1.54) is 0 Å². The van der Waals surface area contributed by atoms with Gasteiger partial charge < -0.3 is 30.5 Å². The fraction of sp³-hybridized carbons (Fsp3) is 0.733. The lowest BCUT2D eigenvalue weighted by Gasteiger charge is -2.36. The van der Waals surface area contributed by atoms with Crippen molar-refractivity contribution in [2.75, 3.05) is 6.54 Å². The molecular weight excluding hydrogens is 306 g/mol. The van der Waals surface area contributed by atoms with Crippen LogP contribution in [0.25, 0.3) is 0 Å². The summed E-state index contributed by atoms with van der Waals surface area (Å²) in [5.74, 6) is -2.92. The minimum atomic E-state index is -1.46. The van der Waals surface area contributed by atoms with Crippen molar-refractivity contribution in [1.29, 1.82) is 0 Å². The maximum Gasteiger partial charge on any atom is 0.370 e. The van der Waals surface area contributed by atoms with E-state index >= 15 is 0 Å². The smallest absolute Gasteiger partial charge is 0.370 e.